The van der Waals surface area contributed by atoms with Crippen LogP contribution in [0, 0.1) is 5.41 Å². The first kappa shape index (κ1) is 17.4. The van der Waals surface area contributed by atoms with E-state index in [4.69, 9.17) is 9.88 Å². The molecule has 1 saturated carbocycles. The second kappa shape index (κ2) is 5.51. The van der Waals surface area contributed by atoms with Gasteiger partial charge in [0.1, 0.15) is 6.33 Å². The largest absolute Gasteiger partial charge is 0.470 e. The van der Waals surface area contributed by atoms with E-state index in [0.717, 1.165) is 19.3 Å². The summed E-state index contributed by atoms with van der Waals surface area (Å²) < 4.78 is 30.9. The Kier molecular flexibility index (Phi) is 3.69. The van der Waals surface area contributed by atoms with Crippen LogP contribution in [0.1, 0.15) is 33.1 Å². The number of nitrogens with one attached hydrogen (secondary N) is 2. The molecule has 0 bridgehead atoms. The minimum Gasteiger partial charge on any atom is -0.470 e. The van der Waals surface area contributed by atoms with Crippen molar-refractivity contribution in [1.29, 1.82) is 0 Å². The predicted octanol–water partition coefficient (Wildman–Crippen LogP) is -0.262. The van der Waals surface area contributed by atoms with Crippen LogP contribution in [0.3, 0.4) is 0 Å². The molecule has 4 N–H and O–H groups in total. The third kappa shape index (κ3) is 2.99. The molecule has 4 rings (SSSR count). The van der Waals surface area contributed by atoms with E-state index in [2.05, 4.69) is 24.9 Å². The van der Waals surface area contributed by atoms with Crippen LogP contribution in [0.25, 0.3) is 0 Å². The highest BCUT2D eigenvalue weighted by Crippen LogP contribution is 2.55. The van der Waals surface area contributed by atoms with Crippen LogP contribution < -0.4 is 24.8 Å². The number of carbonyl (C=O) groups is 1. The zero-order valence-electron chi connectivity index (χ0n) is 14.7. The molecule has 1 saturated heterocycles. The van der Waals surface area contributed by atoms with Gasteiger partial charge in [0.2, 0.25) is 5.75 Å². The molecule has 1 unspecified atom stereocenters. The van der Waals surface area contributed by atoms with Gasteiger partial charge in [0.15, 0.2) is 17.2 Å². The van der Waals surface area contributed by atoms with Crippen LogP contribution in [0.5, 0.6) is 5.75 Å². The maximum atomic E-state index is 12.0. The molecule has 26 heavy (non-hydrogen) atoms. The first-order valence-electron chi connectivity index (χ1n) is 8.50. The van der Waals surface area contributed by atoms with Crippen LogP contribution in [-0.2, 0) is 15.0 Å². The van der Waals surface area contributed by atoms with Crippen molar-refractivity contribution < 1.29 is 17.9 Å². The molecule has 0 radical (unpaired) electrons. The molecule has 2 fully saturated rings. The van der Waals surface area contributed by atoms with E-state index in [1.165, 1.54) is 6.33 Å². The Morgan fingerprint density at radius 2 is 2.04 bits per heavy atom. The number of fused-ring (bicyclic) bond motifs is 1. The third-order valence-corrected chi connectivity index (χ3v) is 6.09. The smallest absolute Gasteiger partial charge is 0.274 e. The molecular formula is C15H22N6O4S. The van der Waals surface area contributed by atoms with Crippen molar-refractivity contribution in [1.82, 2.24) is 14.7 Å². The molecule has 1 amide bonds. The summed E-state index contributed by atoms with van der Waals surface area (Å²) in [6.45, 7) is 4.82. The Labute approximate surface area is 151 Å². The van der Waals surface area contributed by atoms with Gasteiger partial charge in [-0.15, -0.1) is 0 Å². The lowest BCUT2D eigenvalue weighted by Gasteiger charge is -2.37. The molecule has 1 aromatic rings. The lowest BCUT2D eigenvalue weighted by molar-refractivity contribution is -0.129. The average Bonchev–Trinajstić information content (AvgIpc) is 3.18. The number of nitrogens with zero attached hydrogens (tertiary/aromatic N) is 3. The third-order valence-electron chi connectivity index (χ3n) is 5.48. The van der Waals surface area contributed by atoms with Crippen molar-refractivity contribution in [3.63, 3.8) is 0 Å². The summed E-state index contributed by atoms with van der Waals surface area (Å²) in [6.07, 6.45) is 3.87. The fraction of sp³-hybridized carbons (Fsp3) is 0.667. The summed E-state index contributed by atoms with van der Waals surface area (Å²) in [7, 11) is -3.68. The van der Waals surface area contributed by atoms with E-state index >= 15 is 0 Å². The fourth-order valence-corrected chi connectivity index (χ4v) is 4.49. The van der Waals surface area contributed by atoms with Gasteiger partial charge < -0.3 is 15.0 Å². The van der Waals surface area contributed by atoms with Crippen molar-refractivity contribution in [3.05, 3.63) is 6.33 Å². The minimum atomic E-state index is -3.68. The van der Waals surface area contributed by atoms with Gasteiger partial charge in [-0.05, 0) is 38.5 Å². The van der Waals surface area contributed by atoms with Crippen LogP contribution >= 0.6 is 0 Å². The zero-order chi connectivity index (χ0) is 18.7. The van der Waals surface area contributed by atoms with Crippen molar-refractivity contribution >= 4 is 27.8 Å². The number of hydrogen-bond acceptors (Lipinski definition) is 7. The quantitative estimate of drug-likeness (QED) is 0.654. The summed E-state index contributed by atoms with van der Waals surface area (Å²) in [4.78, 5) is 22.6. The van der Waals surface area contributed by atoms with E-state index in [-0.39, 0.29) is 17.4 Å². The summed E-state index contributed by atoms with van der Waals surface area (Å²) in [5, 5.41) is 7.84. The van der Waals surface area contributed by atoms with E-state index in [0.29, 0.717) is 30.5 Å². The lowest BCUT2D eigenvalue weighted by Crippen LogP contribution is -2.47. The van der Waals surface area contributed by atoms with Gasteiger partial charge in [0, 0.05) is 19.1 Å². The monoisotopic (exact) mass is 382 g/mol. The number of carbonyl (C=O) groups excluding carboxylic acids is 1. The highest BCUT2D eigenvalue weighted by molar-refractivity contribution is 7.87. The number of anilines is 2. The average molecular weight is 382 g/mol. The summed E-state index contributed by atoms with van der Waals surface area (Å²) in [6, 6.07) is -0.0894. The van der Waals surface area contributed by atoms with Crippen molar-refractivity contribution in [3.8, 4) is 5.75 Å². The molecule has 11 heteroatoms. The molecule has 1 spiro atoms. The van der Waals surface area contributed by atoms with Crippen LogP contribution in [0.15, 0.2) is 6.33 Å². The second-order valence-corrected chi connectivity index (χ2v) is 9.04. The van der Waals surface area contributed by atoms with Crippen molar-refractivity contribution in [2.45, 2.75) is 44.8 Å². The Bertz CT molecular complexity index is 863. The van der Waals surface area contributed by atoms with E-state index in [9.17, 15) is 13.2 Å². The highest BCUT2D eigenvalue weighted by Gasteiger charge is 2.56. The highest BCUT2D eigenvalue weighted by atomic mass is 32.2. The molecule has 0 aromatic carbocycles. The van der Waals surface area contributed by atoms with Gasteiger partial charge in [0.05, 0.1) is 0 Å². The second-order valence-electron chi connectivity index (χ2n) is 7.71. The molecule has 3 heterocycles. The van der Waals surface area contributed by atoms with E-state index < -0.39 is 15.8 Å². The molecule has 1 aliphatic carbocycles. The molecule has 1 atom stereocenters. The fourth-order valence-electron chi connectivity index (χ4n) is 3.76. The molecule has 142 valence electrons. The van der Waals surface area contributed by atoms with Crippen molar-refractivity contribution in [2.24, 2.45) is 10.6 Å². The lowest BCUT2D eigenvalue weighted by atomic mass is 9.92. The number of hydrogen-bond donors (Lipinski definition) is 3. The van der Waals surface area contributed by atoms with Gasteiger partial charge in [-0.2, -0.15) is 13.1 Å². The molecular weight excluding hydrogens is 360 g/mol. The number of rotatable bonds is 3. The SMILES string of the molecule is CC1(C)Oc2c(ncnc2N2CCC3(CC2)CC3NS(N)(=O)=O)NC1=O. The standard InChI is InChI=1S/C15H22N6O4S/c1-14(2)13(22)19-11-10(25-14)12(18-8-17-11)21-5-3-15(4-6-21)7-9(15)20-26(16,23)24/h8-9,20H,3-7H2,1-2H3,(H2,16,23,24)(H,17,18,19,22). The first-order valence-corrected chi connectivity index (χ1v) is 10.0. The first-order chi connectivity index (χ1) is 12.1. The Balaban J connectivity index is 1.50. The Morgan fingerprint density at radius 3 is 2.69 bits per heavy atom. The Morgan fingerprint density at radius 1 is 1.35 bits per heavy atom. The number of amides is 1. The number of ether oxygens (including phenoxy) is 1. The number of aromatic nitrogens is 2. The van der Waals surface area contributed by atoms with Crippen molar-refractivity contribution in [2.75, 3.05) is 23.3 Å². The Hall–Kier alpha value is -1.98. The molecule has 3 aliphatic rings. The number of piperidine rings is 1. The maximum absolute atomic E-state index is 12.0. The predicted molar refractivity (Wildman–Crippen MR) is 93.9 cm³/mol. The molecule has 10 nitrogen and oxygen atoms in total. The van der Waals surface area contributed by atoms with E-state index in [1.54, 1.807) is 13.8 Å². The van der Waals surface area contributed by atoms with Crippen LogP contribution in [0.2, 0.25) is 0 Å². The van der Waals surface area contributed by atoms with Crippen LogP contribution in [-0.4, -0.2) is 49.0 Å². The zero-order valence-corrected chi connectivity index (χ0v) is 15.5. The van der Waals surface area contributed by atoms with Gasteiger partial charge in [-0.3, -0.25) is 4.79 Å². The normalized spacial score (nSPS) is 26.0. The topological polar surface area (TPSA) is 140 Å². The number of nitrogens with two attached hydrogens (primary N) is 1. The van der Waals surface area contributed by atoms with Gasteiger partial charge in [0.25, 0.3) is 16.1 Å². The molecule has 1 aromatic heterocycles. The van der Waals surface area contributed by atoms with Gasteiger partial charge in [-0.1, -0.05) is 0 Å². The van der Waals surface area contributed by atoms with Gasteiger partial charge in [-0.25, -0.2) is 15.1 Å². The minimum absolute atomic E-state index is 0.0234. The van der Waals surface area contributed by atoms with Crippen LogP contribution in [0.4, 0.5) is 11.6 Å². The van der Waals surface area contributed by atoms with E-state index in [1.807, 2.05) is 0 Å². The summed E-state index contributed by atoms with van der Waals surface area (Å²) in [5.41, 5.74) is -1.02. The van der Waals surface area contributed by atoms with Gasteiger partial charge >= 0.3 is 0 Å². The summed E-state index contributed by atoms with van der Waals surface area (Å²) in [5.74, 6) is 1.25. The molecule has 2 aliphatic heterocycles. The maximum Gasteiger partial charge on any atom is 0.274 e. The summed E-state index contributed by atoms with van der Waals surface area (Å²) >= 11 is 0.